The number of aromatic nitrogens is 2. The monoisotopic (exact) mass is 205 g/mol. The van der Waals surface area contributed by atoms with Crippen LogP contribution in [0.2, 0.25) is 0 Å². The van der Waals surface area contributed by atoms with Crippen LogP contribution in [0.1, 0.15) is 6.92 Å². The quantitative estimate of drug-likeness (QED) is 0.825. The van der Waals surface area contributed by atoms with E-state index in [1.165, 1.54) is 0 Å². The summed E-state index contributed by atoms with van der Waals surface area (Å²) in [5, 5.41) is 7.22. The third kappa shape index (κ3) is 1.90. The molecule has 15 heavy (non-hydrogen) atoms. The Hall–Kier alpha value is -2.04. The minimum absolute atomic E-state index is 0.291. The maximum absolute atomic E-state index is 5.57. The van der Waals surface area contributed by atoms with E-state index in [1.54, 1.807) is 0 Å². The average Bonchev–Trinajstić information content (AvgIpc) is 2.66. The molecule has 0 radical (unpaired) electrons. The van der Waals surface area contributed by atoms with Crippen molar-refractivity contribution in [3.8, 4) is 17.0 Å². The lowest BCUT2D eigenvalue weighted by Gasteiger charge is -2.02. The van der Waals surface area contributed by atoms with Crippen LogP contribution in [0, 0.1) is 0 Å². The molecule has 0 saturated carbocycles. The van der Waals surface area contributed by atoms with E-state index in [0.29, 0.717) is 18.1 Å². The van der Waals surface area contributed by atoms with Crippen molar-refractivity contribution in [3.63, 3.8) is 0 Å². The van der Waals surface area contributed by atoms with E-state index in [9.17, 15) is 0 Å². The summed E-state index contributed by atoms with van der Waals surface area (Å²) >= 11 is 0. The van der Waals surface area contributed by atoms with Gasteiger partial charge >= 0.3 is 0 Å². The predicted molar refractivity (Wildman–Crippen MR) is 55.3 cm³/mol. The topological polar surface area (TPSA) is 74.2 Å². The van der Waals surface area contributed by atoms with Gasteiger partial charge in [0.15, 0.2) is 11.5 Å². The van der Waals surface area contributed by atoms with E-state index in [1.807, 2.05) is 31.2 Å². The van der Waals surface area contributed by atoms with Gasteiger partial charge in [-0.3, -0.25) is 0 Å². The summed E-state index contributed by atoms with van der Waals surface area (Å²) in [6, 6.07) is 7.43. The normalized spacial score (nSPS) is 10.2. The van der Waals surface area contributed by atoms with Crippen LogP contribution < -0.4 is 10.5 Å². The highest BCUT2D eigenvalue weighted by atomic mass is 16.6. The van der Waals surface area contributed by atoms with Gasteiger partial charge in [-0.05, 0) is 41.5 Å². The molecule has 1 aromatic heterocycles. The molecule has 2 aromatic rings. The summed E-state index contributed by atoms with van der Waals surface area (Å²) in [5.41, 5.74) is 6.98. The summed E-state index contributed by atoms with van der Waals surface area (Å²) in [5.74, 6) is 1.11. The minimum Gasteiger partial charge on any atom is -0.494 e. The number of anilines is 1. The van der Waals surface area contributed by atoms with Crippen molar-refractivity contribution in [1.82, 2.24) is 10.3 Å². The molecule has 2 rings (SSSR count). The standard InChI is InChI=1S/C10H11N3O2/c1-2-14-8-5-3-7(4-6-8)9-10(11)13-15-12-9/h3-6H,2H2,1H3,(H2,11,13). The second kappa shape index (κ2) is 4.00. The highest BCUT2D eigenvalue weighted by Crippen LogP contribution is 2.24. The van der Waals surface area contributed by atoms with Crippen LogP contribution in [0.25, 0.3) is 11.3 Å². The molecule has 0 atom stereocenters. The highest BCUT2D eigenvalue weighted by molar-refractivity contribution is 5.69. The Kier molecular flexibility index (Phi) is 2.53. The Morgan fingerprint density at radius 1 is 1.27 bits per heavy atom. The fraction of sp³-hybridized carbons (Fsp3) is 0.200. The molecule has 0 bridgehead atoms. The molecule has 1 heterocycles. The predicted octanol–water partition coefficient (Wildman–Crippen LogP) is 1.72. The summed E-state index contributed by atoms with van der Waals surface area (Å²) < 4.78 is 9.84. The van der Waals surface area contributed by atoms with Crippen molar-refractivity contribution in [1.29, 1.82) is 0 Å². The van der Waals surface area contributed by atoms with Crippen LogP contribution in [0.15, 0.2) is 28.9 Å². The molecule has 0 aliphatic heterocycles. The van der Waals surface area contributed by atoms with E-state index in [0.717, 1.165) is 11.3 Å². The Morgan fingerprint density at radius 2 is 2.00 bits per heavy atom. The fourth-order valence-electron chi connectivity index (χ4n) is 1.27. The molecule has 5 heteroatoms. The number of nitrogen functional groups attached to an aromatic ring is 1. The first kappa shape index (κ1) is 9.51. The molecule has 2 N–H and O–H groups in total. The lowest BCUT2D eigenvalue weighted by Crippen LogP contribution is -1.91. The highest BCUT2D eigenvalue weighted by Gasteiger charge is 2.08. The Balaban J connectivity index is 2.28. The molecule has 1 aromatic carbocycles. The van der Waals surface area contributed by atoms with Crippen molar-refractivity contribution in [2.75, 3.05) is 12.3 Å². The summed E-state index contributed by atoms with van der Waals surface area (Å²) in [7, 11) is 0. The fourth-order valence-corrected chi connectivity index (χ4v) is 1.27. The second-order valence-electron chi connectivity index (χ2n) is 2.96. The van der Waals surface area contributed by atoms with Crippen LogP contribution in [-0.4, -0.2) is 16.9 Å². The van der Waals surface area contributed by atoms with Crippen molar-refractivity contribution in [2.24, 2.45) is 0 Å². The first-order chi connectivity index (χ1) is 7.31. The van der Waals surface area contributed by atoms with E-state index in [4.69, 9.17) is 10.5 Å². The SMILES string of the molecule is CCOc1ccc(-c2nonc2N)cc1. The summed E-state index contributed by atoms with van der Waals surface area (Å²) in [6.07, 6.45) is 0. The van der Waals surface area contributed by atoms with Gasteiger partial charge in [-0.25, -0.2) is 4.63 Å². The van der Waals surface area contributed by atoms with Gasteiger partial charge in [0.2, 0.25) is 0 Å². The van der Waals surface area contributed by atoms with Gasteiger partial charge in [-0.15, -0.1) is 0 Å². The van der Waals surface area contributed by atoms with Crippen LogP contribution in [0.5, 0.6) is 5.75 Å². The Bertz CT molecular complexity index is 436. The number of nitrogens with two attached hydrogens (primary N) is 1. The van der Waals surface area contributed by atoms with E-state index < -0.39 is 0 Å². The van der Waals surface area contributed by atoms with E-state index >= 15 is 0 Å². The van der Waals surface area contributed by atoms with Gasteiger partial charge in [0.1, 0.15) is 5.75 Å². The van der Waals surface area contributed by atoms with E-state index in [-0.39, 0.29) is 0 Å². The van der Waals surface area contributed by atoms with Crippen molar-refractivity contribution in [3.05, 3.63) is 24.3 Å². The third-order valence-corrected chi connectivity index (χ3v) is 1.95. The van der Waals surface area contributed by atoms with Crippen molar-refractivity contribution in [2.45, 2.75) is 6.92 Å². The molecule has 78 valence electrons. The molecule has 5 nitrogen and oxygen atoms in total. The summed E-state index contributed by atoms with van der Waals surface area (Å²) in [4.78, 5) is 0. The van der Waals surface area contributed by atoms with Gasteiger partial charge in [-0.2, -0.15) is 0 Å². The van der Waals surface area contributed by atoms with Crippen LogP contribution >= 0.6 is 0 Å². The minimum atomic E-state index is 0.291. The number of benzene rings is 1. The first-order valence-electron chi connectivity index (χ1n) is 4.62. The zero-order valence-corrected chi connectivity index (χ0v) is 8.30. The number of hydrogen-bond donors (Lipinski definition) is 1. The van der Waals surface area contributed by atoms with Crippen LogP contribution in [0.3, 0.4) is 0 Å². The van der Waals surface area contributed by atoms with E-state index in [2.05, 4.69) is 14.9 Å². The zero-order valence-electron chi connectivity index (χ0n) is 8.30. The largest absolute Gasteiger partial charge is 0.494 e. The molecule has 0 fully saturated rings. The lowest BCUT2D eigenvalue weighted by molar-refractivity contribution is 0.310. The van der Waals surface area contributed by atoms with Crippen molar-refractivity contribution >= 4 is 5.82 Å². The molecule has 0 unspecified atom stereocenters. The average molecular weight is 205 g/mol. The molecular weight excluding hydrogens is 194 g/mol. The maximum Gasteiger partial charge on any atom is 0.196 e. The molecular formula is C10H11N3O2. The molecule has 0 amide bonds. The van der Waals surface area contributed by atoms with Gasteiger partial charge in [0, 0.05) is 5.56 Å². The Morgan fingerprint density at radius 3 is 2.53 bits per heavy atom. The number of rotatable bonds is 3. The second-order valence-corrected chi connectivity index (χ2v) is 2.96. The first-order valence-corrected chi connectivity index (χ1v) is 4.62. The van der Waals surface area contributed by atoms with Gasteiger partial charge in [0.25, 0.3) is 0 Å². The van der Waals surface area contributed by atoms with Crippen LogP contribution in [0.4, 0.5) is 5.82 Å². The lowest BCUT2D eigenvalue weighted by atomic mass is 10.1. The number of ether oxygens (including phenoxy) is 1. The molecule has 0 spiro atoms. The van der Waals surface area contributed by atoms with Gasteiger partial charge in [-0.1, -0.05) is 0 Å². The van der Waals surface area contributed by atoms with Gasteiger partial charge < -0.3 is 10.5 Å². The Labute approximate surface area is 86.8 Å². The molecule has 0 aliphatic rings. The summed E-state index contributed by atoms with van der Waals surface area (Å²) in [6.45, 7) is 2.58. The third-order valence-electron chi connectivity index (χ3n) is 1.95. The van der Waals surface area contributed by atoms with Gasteiger partial charge in [0.05, 0.1) is 6.61 Å². The number of hydrogen-bond acceptors (Lipinski definition) is 5. The number of nitrogens with zero attached hydrogens (tertiary/aromatic N) is 2. The zero-order chi connectivity index (χ0) is 10.7. The van der Waals surface area contributed by atoms with Crippen molar-refractivity contribution < 1.29 is 9.37 Å². The van der Waals surface area contributed by atoms with Crippen LogP contribution in [-0.2, 0) is 0 Å². The maximum atomic E-state index is 5.57. The molecule has 0 aliphatic carbocycles. The smallest absolute Gasteiger partial charge is 0.196 e. The molecule has 0 saturated heterocycles.